The third-order valence-corrected chi connectivity index (χ3v) is 23.4. The second-order valence-electron chi connectivity index (χ2n) is 17.5. The lowest BCUT2D eigenvalue weighted by Gasteiger charge is -2.17. The molecule has 2 heterocycles. The molecular formula is C48H48Cl4S10. The molecule has 3 aliphatic rings. The molecule has 0 amide bonds. The summed E-state index contributed by atoms with van der Waals surface area (Å²) >= 11 is 56.9. The fourth-order valence-electron chi connectivity index (χ4n) is 7.61. The highest BCUT2D eigenvalue weighted by Crippen LogP contribution is 2.63. The van der Waals surface area contributed by atoms with E-state index in [-0.39, 0.29) is 0 Å². The Kier molecular flexibility index (Phi) is 16.3. The summed E-state index contributed by atoms with van der Waals surface area (Å²) in [7, 11) is 0. The fourth-order valence-corrected chi connectivity index (χ4v) is 21.1. The zero-order valence-electron chi connectivity index (χ0n) is 35.9. The molecule has 8 rings (SSSR count). The van der Waals surface area contributed by atoms with Crippen LogP contribution in [0.3, 0.4) is 0 Å². The highest BCUT2D eigenvalue weighted by atomic mass is 35.5. The average Bonchev–Trinajstić information content (AvgIpc) is 4.00. The van der Waals surface area contributed by atoms with Crippen molar-refractivity contribution in [2.75, 3.05) is 23.0 Å². The van der Waals surface area contributed by atoms with Crippen LogP contribution in [0.4, 0.5) is 0 Å². The smallest absolute Gasteiger partial charge is 0.124 e. The summed E-state index contributed by atoms with van der Waals surface area (Å²) < 4.78 is 4.43. The van der Waals surface area contributed by atoms with E-state index in [1.54, 1.807) is 22.7 Å². The van der Waals surface area contributed by atoms with E-state index in [9.17, 15) is 0 Å². The van der Waals surface area contributed by atoms with Crippen LogP contribution in [0.2, 0.25) is 20.1 Å². The molecule has 62 heavy (non-hydrogen) atoms. The molecule has 0 bridgehead atoms. The summed E-state index contributed by atoms with van der Waals surface area (Å²) in [6, 6.07) is 0. The van der Waals surface area contributed by atoms with Crippen molar-refractivity contribution in [3.8, 4) is 0 Å². The van der Waals surface area contributed by atoms with Crippen LogP contribution in [0.1, 0.15) is 81.1 Å². The third-order valence-electron chi connectivity index (χ3n) is 11.0. The quantitative estimate of drug-likeness (QED) is 0.0699. The first-order valence-corrected chi connectivity index (χ1v) is 30.6. The summed E-state index contributed by atoms with van der Waals surface area (Å²) in [6.45, 7) is 18.2. The van der Waals surface area contributed by atoms with Crippen molar-refractivity contribution < 1.29 is 0 Å². The fraction of sp³-hybridized carbons (Fsp3) is 0.417. The highest BCUT2D eigenvalue weighted by molar-refractivity contribution is 8.25. The number of hydrogen-bond donors (Lipinski definition) is 0. The molecule has 0 nitrogen and oxygen atoms in total. The lowest BCUT2D eigenvalue weighted by Crippen LogP contribution is -2.32. The molecule has 0 saturated carbocycles. The molecule has 0 spiro atoms. The van der Waals surface area contributed by atoms with Gasteiger partial charge in [0.15, 0.2) is 0 Å². The van der Waals surface area contributed by atoms with Gasteiger partial charge in [-0.1, -0.05) is 150 Å². The largest absolute Gasteiger partial charge is 0.144 e. The van der Waals surface area contributed by atoms with Crippen LogP contribution in [-0.2, 0) is 0 Å². The highest BCUT2D eigenvalue weighted by Gasteiger charge is 2.33. The number of rotatable bonds is 16. The summed E-state index contributed by atoms with van der Waals surface area (Å²) in [4.78, 5) is 7.69. The van der Waals surface area contributed by atoms with Gasteiger partial charge in [-0.2, -0.15) is 0 Å². The first kappa shape index (κ1) is 48.9. The first-order chi connectivity index (χ1) is 29.5. The summed E-state index contributed by atoms with van der Waals surface area (Å²) in [5.41, 5.74) is 1.16. The summed E-state index contributed by atoms with van der Waals surface area (Å²) in [6.07, 6.45) is 13.4. The SMILES string of the molecule is CC(C)CCSc1c2c(c3c(Cl)c(SCCC(C)C)c4sc(=S)sc4c3c1Cl)S/C(=C1\C=c3c(SCCC(C)C)c(Cl)c4c5c(c(SCCC(C)C)c(Cl)c4c3=C1)=CC(=S)C=5)S2. The lowest BCUT2D eigenvalue weighted by atomic mass is 10.0. The summed E-state index contributed by atoms with van der Waals surface area (Å²) in [5.74, 6) is 6.30. The van der Waals surface area contributed by atoms with Crippen molar-refractivity contribution in [1.29, 1.82) is 0 Å². The predicted molar refractivity (Wildman–Crippen MR) is 300 cm³/mol. The minimum atomic E-state index is 0.584. The van der Waals surface area contributed by atoms with Crippen molar-refractivity contribution in [3.05, 3.63) is 53.9 Å². The van der Waals surface area contributed by atoms with Crippen LogP contribution in [-0.4, -0.2) is 27.9 Å². The molecule has 0 N–H and O–H groups in total. The average molecular weight is 1090 g/mol. The van der Waals surface area contributed by atoms with Gasteiger partial charge in [-0.25, -0.2) is 0 Å². The maximum absolute atomic E-state index is 7.68. The van der Waals surface area contributed by atoms with Gasteiger partial charge in [0.1, 0.15) is 3.14 Å². The maximum Gasteiger partial charge on any atom is 0.144 e. The van der Waals surface area contributed by atoms with E-state index in [0.717, 1.165) is 149 Å². The summed E-state index contributed by atoms with van der Waals surface area (Å²) in [5, 5.41) is 11.7. The van der Waals surface area contributed by atoms with Crippen molar-refractivity contribution >= 4 is 224 Å². The van der Waals surface area contributed by atoms with Crippen LogP contribution in [0.15, 0.2) is 39.2 Å². The Balaban J connectivity index is 1.38. The molecule has 4 aromatic carbocycles. The molecule has 1 aromatic heterocycles. The van der Waals surface area contributed by atoms with Gasteiger partial charge in [-0.3, -0.25) is 0 Å². The van der Waals surface area contributed by atoms with Gasteiger partial charge in [-0.15, -0.1) is 69.7 Å². The number of benzene rings is 4. The van der Waals surface area contributed by atoms with Crippen molar-refractivity contribution in [1.82, 2.24) is 0 Å². The van der Waals surface area contributed by atoms with Gasteiger partial charge in [-0.05, 0) is 123 Å². The van der Waals surface area contributed by atoms with E-state index in [4.69, 9.17) is 70.8 Å². The van der Waals surface area contributed by atoms with Crippen LogP contribution in [0, 0.1) is 26.8 Å². The second-order valence-corrected chi connectivity index (χ2v) is 29.5. The van der Waals surface area contributed by atoms with Crippen LogP contribution < -0.4 is 20.9 Å². The molecule has 2 aliphatic carbocycles. The molecule has 0 radical (unpaired) electrons. The lowest BCUT2D eigenvalue weighted by molar-refractivity contribution is 0.632. The minimum Gasteiger partial charge on any atom is -0.124 e. The standard InChI is InChI=1S/C48H48Cl4S10/c1-21(2)9-13-55-39-29-18-25(17-27(29)31-32(36(39)50)28-19-26(53)20-30(28)40(35(31)49)56-14-10-22(3)4)47-59-41-33-34(38(52)43(45(41)60-47)57-15-11-23(5)6)42-46(62-48(54)61-42)44(37(33)51)58-16-12-24(7)8/h17-24H,9-16H2,1-8H3/b47-25+. The zero-order chi connectivity index (χ0) is 44.3. The monoisotopic (exact) mass is 1080 g/mol. The second kappa shape index (κ2) is 20.6. The molecular weight excluding hydrogens is 1040 g/mol. The van der Waals surface area contributed by atoms with Gasteiger partial charge in [0.25, 0.3) is 0 Å². The van der Waals surface area contributed by atoms with E-state index in [1.807, 2.05) is 70.6 Å². The molecule has 0 saturated heterocycles. The maximum atomic E-state index is 7.68. The Hall–Kier alpha value is 0.500. The van der Waals surface area contributed by atoms with Gasteiger partial charge in [0, 0.05) is 55.8 Å². The third kappa shape index (κ3) is 9.71. The number of halogens is 4. The topological polar surface area (TPSA) is 0 Å². The Bertz CT molecular complexity index is 3030. The molecule has 0 fully saturated rings. The number of fused-ring (bicyclic) bond motifs is 10. The zero-order valence-corrected chi connectivity index (χ0v) is 47.1. The minimum absolute atomic E-state index is 0.584. The molecule has 5 aromatic rings. The Morgan fingerprint density at radius 2 is 0.871 bits per heavy atom. The number of thioether (sulfide) groups is 6. The Morgan fingerprint density at radius 3 is 1.42 bits per heavy atom. The Labute approximate surface area is 430 Å². The van der Waals surface area contributed by atoms with Crippen LogP contribution in [0.5, 0.6) is 0 Å². The van der Waals surface area contributed by atoms with Gasteiger partial charge in [0.2, 0.25) is 0 Å². The van der Waals surface area contributed by atoms with Crippen molar-refractivity contribution in [2.45, 2.75) is 110 Å². The normalized spacial score (nSPS) is 15.8. The number of thiocarbonyl (C=S) groups is 1. The predicted octanol–water partition coefficient (Wildman–Crippen LogP) is 17.8. The first-order valence-electron chi connectivity index (χ1n) is 21.1. The van der Waals surface area contributed by atoms with Gasteiger partial charge >= 0.3 is 0 Å². The van der Waals surface area contributed by atoms with Crippen molar-refractivity contribution in [2.24, 2.45) is 23.7 Å². The molecule has 14 heteroatoms. The van der Waals surface area contributed by atoms with Gasteiger partial charge in [0.05, 0.1) is 33.7 Å². The van der Waals surface area contributed by atoms with E-state index >= 15 is 0 Å². The van der Waals surface area contributed by atoms with Crippen molar-refractivity contribution in [3.63, 3.8) is 0 Å². The van der Waals surface area contributed by atoms with Crippen LogP contribution >= 0.6 is 164 Å². The van der Waals surface area contributed by atoms with E-state index in [1.165, 1.54) is 18.7 Å². The van der Waals surface area contributed by atoms with E-state index < -0.39 is 0 Å². The number of hydrogen-bond acceptors (Lipinski definition) is 10. The molecule has 1 aliphatic heterocycles. The number of allylic oxidation sites excluding steroid dienone is 1. The molecule has 0 unspecified atom stereocenters. The Morgan fingerprint density at radius 1 is 0.468 bits per heavy atom. The van der Waals surface area contributed by atoms with E-state index in [0.29, 0.717) is 23.7 Å². The van der Waals surface area contributed by atoms with Gasteiger partial charge < -0.3 is 0 Å². The molecule has 328 valence electrons. The van der Waals surface area contributed by atoms with Crippen LogP contribution in [0.25, 0.3) is 55.2 Å². The van der Waals surface area contributed by atoms with E-state index in [2.05, 4.69) is 79.7 Å². The molecule has 0 atom stereocenters.